The van der Waals surface area contributed by atoms with Gasteiger partial charge in [-0.15, -0.1) is 11.8 Å². The van der Waals surface area contributed by atoms with Crippen LogP contribution in [0.25, 0.3) is 0 Å². The van der Waals surface area contributed by atoms with Gasteiger partial charge in [0.25, 0.3) is 0 Å². The summed E-state index contributed by atoms with van der Waals surface area (Å²) in [6.07, 6.45) is 0.269. The van der Waals surface area contributed by atoms with Gasteiger partial charge in [0, 0.05) is 18.1 Å². The number of hydrogen-bond donors (Lipinski definition) is 1. The minimum atomic E-state index is -0.243. The first-order valence-corrected chi connectivity index (χ1v) is 8.94. The number of benzene rings is 2. The fraction of sp³-hybridized carbons (Fsp3) is 0.200. The van der Waals surface area contributed by atoms with E-state index in [9.17, 15) is 10.1 Å². The molecule has 0 radical (unpaired) electrons. The zero-order chi connectivity index (χ0) is 17.6. The molecule has 0 aromatic heterocycles. The van der Waals surface area contributed by atoms with E-state index in [0.29, 0.717) is 16.4 Å². The number of thioether (sulfide) groups is 1. The highest BCUT2D eigenvalue weighted by molar-refractivity contribution is 8.02. The molecule has 0 bridgehead atoms. The van der Waals surface area contributed by atoms with Gasteiger partial charge in [0.1, 0.15) is 5.75 Å². The molecule has 1 amide bonds. The normalized spacial score (nSPS) is 17.0. The summed E-state index contributed by atoms with van der Waals surface area (Å²) in [5.41, 5.74) is 2.67. The van der Waals surface area contributed by atoms with Crippen molar-refractivity contribution in [2.24, 2.45) is 0 Å². The van der Waals surface area contributed by atoms with E-state index >= 15 is 0 Å². The van der Waals surface area contributed by atoms with Gasteiger partial charge in [-0.3, -0.25) is 4.79 Å². The van der Waals surface area contributed by atoms with E-state index in [4.69, 9.17) is 4.74 Å². The van der Waals surface area contributed by atoms with Crippen LogP contribution >= 0.6 is 11.8 Å². The average molecular weight is 350 g/mol. The second kappa shape index (κ2) is 7.91. The predicted molar refractivity (Wildman–Crippen MR) is 98.9 cm³/mol. The molecule has 1 aliphatic rings. The van der Waals surface area contributed by atoms with E-state index < -0.39 is 0 Å². The van der Waals surface area contributed by atoms with Crippen LogP contribution in [0.1, 0.15) is 23.5 Å². The minimum Gasteiger partial charge on any atom is -0.497 e. The third kappa shape index (κ3) is 4.04. The Hall–Kier alpha value is -2.71. The van der Waals surface area contributed by atoms with Crippen LogP contribution in [0.2, 0.25) is 0 Å². The lowest BCUT2D eigenvalue weighted by Crippen LogP contribution is -2.30. The highest BCUT2D eigenvalue weighted by Crippen LogP contribution is 2.37. The number of rotatable bonds is 5. The van der Waals surface area contributed by atoms with Crippen molar-refractivity contribution in [3.8, 4) is 11.8 Å². The summed E-state index contributed by atoms with van der Waals surface area (Å²) in [5.74, 6) is 1.11. The van der Waals surface area contributed by atoms with Crippen LogP contribution in [-0.4, -0.2) is 13.0 Å². The first-order chi connectivity index (χ1) is 12.2. The Morgan fingerprint density at radius 2 is 2.04 bits per heavy atom. The van der Waals surface area contributed by atoms with Crippen LogP contribution in [-0.2, 0) is 10.5 Å². The van der Waals surface area contributed by atoms with Crippen molar-refractivity contribution >= 4 is 17.7 Å². The predicted octanol–water partition coefficient (Wildman–Crippen LogP) is 3.97. The fourth-order valence-electron chi connectivity index (χ4n) is 2.81. The van der Waals surface area contributed by atoms with Crippen LogP contribution in [0.15, 0.2) is 65.2 Å². The van der Waals surface area contributed by atoms with E-state index in [2.05, 4.69) is 11.4 Å². The minimum absolute atomic E-state index is 0.0672. The Balaban J connectivity index is 1.90. The third-order valence-electron chi connectivity index (χ3n) is 4.08. The molecular formula is C20H18N2O2S. The monoisotopic (exact) mass is 350 g/mol. The topological polar surface area (TPSA) is 62.1 Å². The lowest BCUT2D eigenvalue weighted by molar-refractivity contribution is -0.120. The smallest absolute Gasteiger partial charge is 0.225 e. The number of methoxy groups -OCH3 is 1. The van der Waals surface area contributed by atoms with Gasteiger partial charge in [-0.05, 0) is 23.3 Å². The van der Waals surface area contributed by atoms with E-state index in [1.807, 2.05) is 54.6 Å². The van der Waals surface area contributed by atoms with E-state index in [0.717, 1.165) is 16.9 Å². The third-order valence-corrected chi connectivity index (χ3v) is 5.17. The number of carbonyl (C=O) groups excluding carboxylic acids is 1. The maximum atomic E-state index is 12.2. The molecule has 4 nitrogen and oxygen atoms in total. The summed E-state index contributed by atoms with van der Waals surface area (Å²) in [4.78, 5) is 12.2. The Labute approximate surface area is 151 Å². The number of nitrogens with one attached hydrogen (secondary N) is 1. The summed E-state index contributed by atoms with van der Waals surface area (Å²) in [6, 6.07) is 19.8. The highest BCUT2D eigenvalue weighted by Gasteiger charge is 2.29. The Kier molecular flexibility index (Phi) is 5.42. The number of amides is 1. The molecule has 0 aliphatic carbocycles. The summed E-state index contributed by atoms with van der Waals surface area (Å²) in [7, 11) is 1.61. The molecule has 2 aromatic rings. The maximum Gasteiger partial charge on any atom is 0.225 e. The molecule has 1 atom stereocenters. The summed E-state index contributed by atoms with van der Waals surface area (Å²) >= 11 is 1.49. The van der Waals surface area contributed by atoms with Crippen LogP contribution in [0.5, 0.6) is 5.75 Å². The van der Waals surface area contributed by atoms with Crippen molar-refractivity contribution in [2.75, 3.05) is 7.11 Å². The molecule has 3 rings (SSSR count). The first kappa shape index (κ1) is 17.1. The number of nitrogens with zero attached hydrogens (tertiary/aromatic N) is 1. The van der Waals surface area contributed by atoms with Gasteiger partial charge in [0.15, 0.2) is 0 Å². The molecule has 0 saturated carbocycles. The number of ether oxygens (including phenoxy) is 1. The largest absolute Gasteiger partial charge is 0.497 e. The average Bonchev–Trinajstić information content (AvgIpc) is 2.66. The van der Waals surface area contributed by atoms with Crippen molar-refractivity contribution in [1.82, 2.24) is 5.32 Å². The maximum absolute atomic E-state index is 12.2. The van der Waals surface area contributed by atoms with Gasteiger partial charge in [0.2, 0.25) is 5.91 Å². The number of carbonyl (C=O) groups is 1. The highest BCUT2D eigenvalue weighted by atomic mass is 32.2. The second-order valence-electron chi connectivity index (χ2n) is 5.71. The van der Waals surface area contributed by atoms with E-state index in [1.54, 1.807) is 7.11 Å². The van der Waals surface area contributed by atoms with Gasteiger partial charge < -0.3 is 10.1 Å². The quantitative estimate of drug-likeness (QED) is 0.886. The molecule has 0 unspecified atom stereocenters. The summed E-state index contributed by atoms with van der Waals surface area (Å²) in [5, 5.41) is 13.2. The summed E-state index contributed by atoms with van der Waals surface area (Å²) < 4.78 is 5.27. The lowest BCUT2D eigenvalue weighted by Gasteiger charge is -2.25. The van der Waals surface area contributed by atoms with Crippen LogP contribution in [0, 0.1) is 11.3 Å². The van der Waals surface area contributed by atoms with Crippen LogP contribution in [0.3, 0.4) is 0 Å². The van der Waals surface area contributed by atoms with Crippen LogP contribution in [0.4, 0.5) is 0 Å². The molecule has 1 heterocycles. The Morgan fingerprint density at radius 1 is 1.24 bits per heavy atom. The summed E-state index contributed by atoms with van der Waals surface area (Å²) in [6.45, 7) is 0. The molecular weight excluding hydrogens is 332 g/mol. The molecule has 1 aliphatic heterocycles. The Bertz CT molecular complexity index is 840. The molecule has 0 spiro atoms. The van der Waals surface area contributed by atoms with Gasteiger partial charge in [-0.2, -0.15) is 5.26 Å². The lowest BCUT2D eigenvalue weighted by atomic mass is 9.87. The molecule has 2 aromatic carbocycles. The van der Waals surface area contributed by atoms with Gasteiger partial charge in [0.05, 0.1) is 23.8 Å². The van der Waals surface area contributed by atoms with Crippen molar-refractivity contribution < 1.29 is 9.53 Å². The van der Waals surface area contributed by atoms with E-state index in [-0.39, 0.29) is 18.2 Å². The Morgan fingerprint density at radius 3 is 2.76 bits per heavy atom. The molecule has 1 N–H and O–H groups in total. The van der Waals surface area contributed by atoms with Crippen molar-refractivity contribution in [1.29, 1.82) is 5.26 Å². The molecule has 25 heavy (non-hydrogen) atoms. The fourth-order valence-corrected chi connectivity index (χ4v) is 3.84. The number of allylic oxidation sites excluding steroid dienone is 1. The first-order valence-electron chi connectivity index (χ1n) is 7.96. The van der Waals surface area contributed by atoms with Gasteiger partial charge >= 0.3 is 0 Å². The zero-order valence-electron chi connectivity index (χ0n) is 13.9. The molecule has 5 heteroatoms. The standard InChI is InChI=1S/C20H18N2O2S/c1-24-16-9-5-8-15(10-16)17-11-19(23)22-20(18(17)12-21)25-13-14-6-3-2-4-7-14/h2-10,17H,11,13H2,1H3,(H,22,23)/t17-/m1/s1. The van der Waals surface area contributed by atoms with Gasteiger partial charge in [-0.1, -0.05) is 42.5 Å². The van der Waals surface area contributed by atoms with Crippen LogP contribution < -0.4 is 10.1 Å². The van der Waals surface area contributed by atoms with Crippen molar-refractivity contribution in [3.63, 3.8) is 0 Å². The molecule has 126 valence electrons. The molecule has 0 fully saturated rings. The van der Waals surface area contributed by atoms with E-state index in [1.165, 1.54) is 11.8 Å². The number of nitriles is 1. The second-order valence-corrected chi connectivity index (χ2v) is 6.70. The van der Waals surface area contributed by atoms with Crippen molar-refractivity contribution in [2.45, 2.75) is 18.1 Å². The van der Waals surface area contributed by atoms with Gasteiger partial charge in [-0.25, -0.2) is 0 Å². The number of hydrogen-bond acceptors (Lipinski definition) is 4. The zero-order valence-corrected chi connectivity index (χ0v) is 14.7. The van der Waals surface area contributed by atoms with Crippen molar-refractivity contribution in [3.05, 3.63) is 76.3 Å². The SMILES string of the molecule is COc1cccc([C@H]2CC(=O)NC(SCc3ccccc3)=C2C#N)c1. The molecule has 0 saturated heterocycles.